The van der Waals surface area contributed by atoms with E-state index in [4.69, 9.17) is 0 Å². The lowest BCUT2D eigenvalue weighted by atomic mass is 9.92. The van der Waals surface area contributed by atoms with E-state index in [9.17, 15) is 4.79 Å². The lowest BCUT2D eigenvalue weighted by Crippen LogP contribution is -2.03. The van der Waals surface area contributed by atoms with Gasteiger partial charge in [0.1, 0.15) is 0 Å². The van der Waals surface area contributed by atoms with Crippen molar-refractivity contribution in [2.24, 2.45) is 0 Å². The summed E-state index contributed by atoms with van der Waals surface area (Å²) in [5, 5.41) is 2.35. The zero-order valence-electron chi connectivity index (χ0n) is 9.16. The molecule has 0 bridgehead atoms. The number of ketones is 1. The smallest absolute Gasteiger partial charge is 0.167 e. The highest BCUT2D eigenvalue weighted by molar-refractivity contribution is 6.06. The molecule has 78 valence electrons. The van der Waals surface area contributed by atoms with Gasteiger partial charge in [-0.1, -0.05) is 35.9 Å². The summed E-state index contributed by atoms with van der Waals surface area (Å²) in [6.07, 6.45) is 4.51. The number of aryl methyl sites for hydroxylation is 1. The molecular weight excluding hydrogens is 196 g/mol. The fourth-order valence-electron chi connectivity index (χ4n) is 2.22. The molecule has 2 aromatic rings. The average Bonchev–Trinajstić information content (AvgIpc) is 2.27. The van der Waals surface area contributed by atoms with Gasteiger partial charge >= 0.3 is 0 Å². The van der Waals surface area contributed by atoms with Crippen molar-refractivity contribution < 1.29 is 4.79 Å². The van der Waals surface area contributed by atoms with Crippen molar-refractivity contribution >= 4 is 22.6 Å². The Morgan fingerprint density at radius 3 is 2.81 bits per heavy atom. The number of carbonyl (C=O) groups is 1. The number of fused-ring (bicyclic) bond motifs is 2. The van der Waals surface area contributed by atoms with Crippen LogP contribution >= 0.6 is 0 Å². The molecule has 0 saturated heterocycles. The Kier molecular flexibility index (Phi) is 1.93. The van der Waals surface area contributed by atoms with Crippen LogP contribution in [0.4, 0.5) is 0 Å². The summed E-state index contributed by atoms with van der Waals surface area (Å²) in [4.78, 5) is 11.7. The van der Waals surface area contributed by atoms with Crippen molar-refractivity contribution in [3.63, 3.8) is 0 Å². The predicted octanol–water partition coefficient (Wildman–Crippen LogP) is 3.75. The SMILES string of the molecule is Cc1ccc2cc3c(cc2c1)C=CCC3=O. The van der Waals surface area contributed by atoms with Crippen molar-refractivity contribution in [2.45, 2.75) is 13.3 Å². The maximum Gasteiger partial charge on any atom is 0.167 e. The molecule has 1 aliphatic rings. The van der Waals surface area contributed by atoms with Gasteiger partial charge in [-0.15, -0.1) is 0 Å². The molecule has 0 unspecified atom stereocenters. The molecule has 0 amide bonds. The normalized spacial score (nSPS) is 14.2. The number of allylic oxidation sites excluding steroid dienone is 1. The Hall–Kier alpha value is -1.89. The number of hydrogen-bond acceptors (Lipinski definition) is 1. The summed E-state index contributed by atoms with van der Waals surface area (Å²) >= 11 is 0. The van der Waals surface area contributed by atoms with E-state index >= 15 is 0 Å². The van der Waals surface area contributed by atoms with Crippen molar-refractivity contribution in [1.82, 2.24) is 0 Å². The Balaban J connectivity index is 2.35. The highest BCUT2D eigenvalue weighted by Crippen LogP contribution is 2.26. The van der Waals surface area contributed by atoms with Crippen LogP contribution in [-0.2, 0) is 0 Å². The van der Waals surface area contributed by atoms with Gasteiger partial charge in [-0.05, 0) is 35.4 Å². The summed E-state index contributed by atoms with van der Waals surface area (Å²) in [7, 11) is 0. The Labute approximate surface area is 94.4 Å². The number of carbonyl (C=O) groups excluding carboxylic acids is 1. The zero-order chi connectivity index (χ0) is 11.1. The molecule has 0 spiro atoms. The second-order valence-electron chi connectivity index (χ2n) is 4.32. The molecule has 0 heterocycles. The first-order valence-electron chi connectivity index (χ1n) is 5.48. The van der Waals surface area contributed by atoms with E-state index in [0.717, 1.165) is 16.5 Å². The third-order valence-electron chi connectivity index (χ3n) is 3.07. The van der Waals surface area contributed by atoms with E-state index in [0.29, 0.717) is 6.42 Å². The van der Waals surface area contributed by atoms with E-state index in [-0.39, 0.29) is 5.78 Å². The first-order valence-corrected chi connectivity index (χ1v) is 5.48. The topological polar surface area (TPSA) is 17.1 Å². The summed E-state index contributed by atoms with van der Waals surface area (Å²) in [5.41, 5.74) is 3.16. The van der Waals surface area contributed by atoms with Crippen LogP contribution in [0.5, 0.6) is 0 Å². The fourth-order valence-corrected chi connectivity index (χ4v) is 2.22. The highest BCUT2D eigenvalue weighted by Gasteiger charge is 2.13. The third kappa shape index (κ3) is 1.36. The van der Waals surface area contributed by atoms with Crippen molar-refractivity contribution in [2.75, 3.05) is 0 Å². The van der Waals surface area contributed by atoms with Gasteiger partial charge in [-0.25, -0.2) is 0 Å². The van der Waals surface area contributed by atoms with E-state index in [1.165, 1.54) is 10.9 Å². The molecule has 0 aromatic heterocycles. The quantitative estimate of drug-likeness (QED) is 0.644. The van der Waals surface area contributed by atoms with Crippen molar-refractivity contribution in [1.29, 1.82) is 0 Å². The van der Waals surface area contributed by atoms with Gasteiger partial charge in [0.15, 0.2) is 5.78 Å². The highest BCUT2D eigenvalue weighted by atomic mass is 16.1. The summed E-state index contributed by atoms with van der Waals surface area (Å²) in [6, 6.07) is 10.4. The molecule has 3 rings (SSSR count). The van der Waals surface area contributed by atoms with Crippen LogP contribution in [-0.4, -0.2) is 5.78 Å². The maximum absolute atomic E-state index is 11.7. The number of rotatable bonds is 0. The van der Waals surface area contributed by atoms with Gasteiger partial charge in [0, 0.05) is 12.0 Å². The Morgan fingerprint density at radius 1 is 1.06 bits per heavy atom. The lowest BCUT2D eigenvalue weighted by molar-refractivity contribution is 0.0994. The van der Waals surface area contributed by atoms with Crippen LogP contribution in [0.1, 0.15) is 27.9 Å². The fraction of sp³-hybridized carbons (Fsp3) is 0.133. The molecule has 0 saturated carbocycles. The van der Waals surface area contributed by atoms with Gasteiger partial charge in [-0.3, -0.25) is 4.79 Å². The van der Waals surface area contributed by atoms with Crippen molar-refractivity contribution in [3.8, 4) is 0 Å². The van der Waals surface area contributed by atoms with Gasteiger partial charge < -0.3 is 0 Å². The largest absolute Gasteiger partial charge is 0.294 e. The van der Waals surface area contributed by atoms with E-state index in [1.807, 2.05) is 18.2 Å². The summed E-state index contributed by atoms with van der Waals surface area (Å²) in [5.74, 6) is 0.222. The Morgan fingerprint density at radius 2 is 1.94 bits per heavy atom. The molecule has 0 N–H and O–H groups in total. The molecule has 0 atom stereocenters. The maximum atomic E-state index is 11.7. The van der Waals surface area contributed by atoms with Gasteiger partial charge in [0.05, 0.1) is 0 Å². The first kappa shape index (κ1) is 9.34. The molecule has 1 aliphatic carbocycles. The van der Waals surface area contributed by atoms with Crippen LogP contribution in [0.25, 0.3) is 16.8 Å². The number of Topliss-reactive ketones (excluding diaryl/α,β-unsaturated/α-hetero) is 1. The zero-order valence-corrected chi connectivity index (χ0v) is 9.16. The van der Waals surface area contributed by atoms with E-state index < -0.39 is 0 Å². The standard InChI is InChI=1S/C15H12O/c1-10-5-6-11-9-14-12(8-13(11)7-10)3-2-4-15(14)16/h2-3,5-9H,4H2,1H3. The molecule has 0 aliphatic heterocycles. The molecule has 1 nitrogen and oxygen atoms in total. The molecule has 2 aromatic carbocycles. The minimum Gasteiger partial charge on any atom is -0.294 e. The molecule has 16 heavy (non-hydrogen) atoms. The van der Waals surface area contributed by atoms with Crippen LogP contribution in [0.15, 0.2) is 36.4 Å². The number of hydrogen-bond donors (Lipinski definition) is 0. The van der Waals surface area contributed by atoms with Gasteiger partial charge in [0.25, 0.3) is 0 Å². The van der Waals surface area contributed by atoms with Crippen LogP contribution < -0.4 is 0 Å². The van der Waals surface area contributed by atoms with E-state index in [2.05, 4.69) is 31.2 Å². The Bertz CT molecular complexity index is 621. The molecule has 0 fully saturated rings. The second kappa shape index (κ2) is 3.31. The lowest BCUT2D eigenvalue weighted by Gasteiger charge is -2.11. The minimum atomic E-state index is 0.222. The van der Waals surface area contributed by atoms with Crippen molar-refractivity contribution in [3.05, 3.63) is 53.1 Å². The molecule has 1 heteroatoms. The molecule has 0 radical (unpaired) electrons. The number of benzene rings is 2. The first-order chi connectivity index (χ1) is 7.74. The third-order valence-corrected chi connectivity index (χ3v) is 3.07. The average molecular weight is 208 g/mol. The van der Waals surface area contributed by atoms with Crippen LogP contribution in [0.3, 0.4) is 0 Å². The van der Waals surface area contributed by atoms with Gasteiger partial charge in [0.2, 0.25) is 0 Å². The molecular formula is C15H12O. The summed E-state index contributed by atoms with van der Waals surface area (Å²) in [6.45, 7) is 2.08. The van der Waals surface area contributed by atoms with Crippen LogP contribution in [0.2, 0.25) is 0 Å². The minimum absolute atomic E-state index is 0.222. The van der Waals surface area contributed by atoms with Gasteiger partial charge in [-0.2, -0.15) is 0 Å². The predicted molar refractivity (Wildman–Crippen MR) is 66.7 cm³/mol. The second-order valence-corrected chi connectivity index (χ2v) is 4.32. The van der Waals surface area contributed by atoms with E-state index in [1.54, 1.807) is 0 Å². The monoisotopic (exact) mass is 208 g/mol. The van der Waals surface area contributed by atoms with Crippen LogP contribution in [0, 0.1) is 6.92 Å². The summed E-state index contributed by atoms with van der Waals surface area (Å²) < 4.78 is 0.